The van der Waals surface area contributed by atoms with Gasteiger partial charge in [-0.2, -0.15) is 0 Å². The van der Waals surface area contributed by atoms with Crippen LogP contribution in [0.1, 0.15) is 16.9 Å². The molecule has 9 heteroatoms. The van der Waals surface area contributed by atoms with E-state index in [1.807, 2.05) is 0 Å². The van der Waals surface area contributed by atoms with E-state index in [2.05, 4.69) is 10.0 Å². The van der Waals surface area contributed by atoms with Crippen LogP contribution in [0.2, 0.25) is 0 Å². The standard InChI is InChI=1S/C11H18N4O3S.ClH/c1-15-7-9(4-10(15)11(12)16)19(17,18)14-6-8-2-3-13-5-8;/h4,7-8,13-14H,2-3,5-6H2,1H3,(H2,12,16);1H. The number of sulfonamides is 1. The molecule has 20 heavy (non-hydrogen) atoms. The van der Waals surface area contributed by atoms with Crippen LogP contribution in [-0.4, -0.2) is 38.5 Å². The van der Waals surface area contributed by atoms with Gasteiger partial charge in [0, 0.05) is 19.8 Å². The van der Waals surface area contributed by atoms with Gasteiger partial charge in [-0.05, 0) is 31.5 Å². The maximum absolute atomic E-state index is 12.1. The maximum atomic E-state index is 12.1. The van der Waals surface area contributed by atoms with Gasteiger partial charge in [0.1, 0.15) is 10.6 Å². The minimum atomic E-state index is -3.59. The van der Waals surface area contributed by atoms with Crippen LogP contribution in [0.5, 0.6) is 0 Å². The topological polar surface area (TPSA) is 106 Å². The molecule has 1 unspecified atom stereocenters. The third kappa shape index (κ3) is 3.72. The number of nitrogens with zero attached hydrogens (tertiary/aromatic N) is 1. The normalized spacial score (nSPS) is 18.8. The Bertz CT molecular complexity index is 578. The second kappa shape index (κ2) is 6.57. The highest BCUT2D eigenvalue weighted by Crippen LogP contribution is 2.14. The first-order chi connectivity index (χ1) is 8.90. The molecule has 1 aliphatic rings. The van der Waals surface area contributed by atoms with Crippen LogP contribution in [0.25, 0.3) is 0 Å². The molecule has 0 aromatic carbocycles. The second-order valence-electron chi connectivity index (χ2n) is 4.75. The Kier molecular flexibility index (Phi) is 5.58. The van der Waals surface area contributed by atoms with Gasteiger partial charge in [0.05, 0.1) is 0 Å². The average molecular weight is 323 g/mol. The summed E-state index contributed by atoms with van der Waals surface area (Å²) in [5.74, 6) is -0.335. The molecule has 2 rings (SSSR count). The van der Waals surface area contributed by atoms with Crippen molar-refractivity contribution in [2.45, 2.75) is 11.3 Å². The van der Waals surface area contributed by atoms with E-state index in [-0.39, 0.29) is 23.0 Å². The zero-order chi connectivity index (χ0) is 14.0. The zero-order valence-electron chi connectivity index (χ0n) is 11.1. The molecule has 1 amide bonds. The molecule has 114 valence electrons. The number of hydrogen-bond acceptors (Lipinski definition) is 4. The average Bonchev–Trinajstić information content (AvgIpc) is 2.95. The molecule has 1 atom stereocenters. The van der Waals surface area contributed by atoms with E-state index in [1.165, 1.54) is 16.8 Å². The van der Waals surface area contributed by atoms with Gasteiger partial charge in [-0.15, -0.1) is 12.4 Å². The van der Waals surface area contributed by atoms with E-state index >= 15 is 0 Å². The molecule has 1 aromatic rings. The van der Waals surface area contributed by atoms with Crippen molar-refractivity contribution in [3.05, 3.63) is 18.0 Å². The first-order valence-electron chi connectivity index (χ1n) is 6.06. The molecule has 1 fully saturated rings. The Labute approximate surface area is 124 Å². The number of aryl methyl sites for hydroxylation is 1. The van der Waals surface area contributed by atoms with Crippen LogP contribution in [0.4, 0.5) is 0 Å². The molecule has 1 aromatic heterocycles. The lowest BCUT2D eigenvalue weighted by atomic mass is 10.1. The minimum Gasteiger partial charge on any atom is -0.364 e. The summed E-state index contributed by atoms with van der Waals surface area (Å²) in [6, 6.07) is 1.29. The zero-order valence-corrected chi connectivity index (χ0v) is 12.8. The summed E-state index contributed by atoms with van der Waals surface area (Å²) in [7, 11) is -2.01. The van der Waals surface area contributed by atoms with Gasteiger partial charge in [0.15, 0.2) is 0 Å². The largest absolute Gasteiger partial charge is 0.364 e. The van der Waals surface area contributed by atoms with Crippen molar-refractivity contribution in [3.8, 4) is 0 Å². The highest BCUT2D eigenvalue weighted by Gasteiger charge is 2.22. The van der Waals surface area contributed by atoms with Crippen molar-refractivity contribution in [2.24, 2.45) is 18.7 Å². The van der Waals surface area contributed by atoms with Gasteiger partial charge >= 0.3 is 0 Å². The van der Waals surface area contributed by atoms with Gasteiger partial charge in [-0.3, -0.25) is 4.79 Å². The van der Waals surface area contributed by atoms with Crippen molar-refractivity contribution >= 4 is 28.3 Å². The molecule has 4 N–H and O–H groups in total. The fourth-order valence-electron chi connectivity index (χ4n) is 2.13. The summed E-state index contributed by atoms with van der Waals surface area (Å²) < 4.78 is 28.1. The van der Waals surface area contributed by atoms with Crippen molar-refractivity contribution in [1.29, 1.82) is 0 Å². The quantitative estimate of drug-likeness (QED) is 0.675. The number of hydrogen-bond donors (Lipinski definition) is 3. The Morgan fingerprint density at radius 1 is 1.60 bits per heavy atom. The van der Waals surface area contributed by atoms with E-state index in [9.17, 15) is 13.2 Å². The van der Waals surface area contributed by atoms with Crippen molar-refractivity contribution in [3.63, 3.8) is 0 Å². The first kappa shape index (κ1) is 17.0. The van der Waals surface area contributed by atoms with Gasteiger partial charge in [0.2, 0.25) is 10.0 Å². The van der Waals surface area contributed by atoms with E-state index in [0.29, 0.717) is 12.5 Å². The number of nitrogens with two attached hydrogens (primary N) is 1. The summed E-state index contributed by atoms with van der Waals surface area (Å²) in [5.41, 5.74) is 5.33. The molecular weight excluding hydrogens is 304 g/mol. The number of primary amides is 1. The van der Waals surface area contributed by atoms with Crippen LogP contribution in [-0.2, 0) is 17.1 Å². The Hall–Kier alpha value is -1.09. The number of rotatable bonds is 5. The molecule has 0 spiro atoms. The smallest absolute Gasteiger partial charge is 0.265 e. The van der Waals surface area contributed by atoms with Crippen molar-refractivity contribution in [1.82, 2.24) is 14.6 Å². The summed E-state index contributed by atoms with van der Waals surface area (Å²) in [4.78, 5) is 11.2. The first-order valence-corrected chi connectivity index (χ1v) is 7.55. The van der Waals surface area contributed by atoms with Gasteiger partial charge in [-0.1, -0.05) is 0 Å². The van der Waals surface area contributed by atoms with E-state index in [1.54, 1.807) is 7.05 Å². The molecule has 0 aliphatic carbocycles. The number of aromatic nitrogens is 1. The third-order valence-corrected chi connectivity index (χ3v) is 4.66. The predicted molar refractivity (Wildman–Crippen MR) is 77.3 cm³/mol. The van der Waals surface area contributed by atoms with Crippen LogP contribution in [0, 0.1) is 5.92 Å². The van der Waals surface area contributed by atoms with Crippen molar-refractivity contribution in [2.75, 3.05) is 19.6 Å². The third-order valence-electron chi connectivity index (χ3n) is 3.27. The highest BCUT2D eigenvalue weighted by molar-refractivity contribution is 7.89. The lowest BCUT2D eigenvalue weighted by Crippen LogP contribution is -2.30. The van der Waals surface area contributed by atoms with E-state index in [0.717, 1.165) is 19.5 Å². The summed E-state index contributed by atoms with van der Waals surface area (Å²) >= 11 is 0. The van der Waals surface area contributed by atoms with E-state index in [4.69, 9.17) is 5.73 Å². The molecule has 0 bridgehead atoms. The van der Waals surface area contributed by atoms with Gasteiger partial charge in [-0.25, -0.2) is 13.1 Å². The predicted octanol–water partition coefficient (Wildman–Crippen LogP) is -0.566. The van der Waals surface area contributed by atoms with E-state index < -0.39 is 15.9 Å². The van der Waals surface area contributed by atoms with Crippen LogP contribution < -0.4 is 15.8 Å². The summed E-state index contributed by atoms with van der Waals surface area (Å²) in [5, 5.41) is 3.18. The number of halogens is 1. The molecule has 7 nitrogen and oxygen atoms in total. The fraction of sp³-hybridized carbons (Fsp3) is 0.545. The van der Waals surface area contributed by atoms with Gasteiger partial charge < -0.3 is 15.6 Å². The molecule has 1 aliphatic heterocycles. The Morgan fingerprint density at radius 3 is 2.80 bits per heavy atom. The number of carbonyl (C=O) groups is 1. The Morgan fingerprint density at radius 2 is 2.30 bits per heavy atom. The monoisotopic (exact) mass is 322 g/mol. The van der Waals surface area contributed by atoms with Gasteiger partial charge in [0.25, 0.3) is 5.91 Å². The fourth-order valence-corrected chi connectivity index (χ4v) is 3.31. The molecule has 2 heterocycles. The molecular formula is C11H19ClN4O3S. The summed E-state index contributed by atoms with van der Waals surface area (Å²) in [6.07, 6.45) is 2.35. The van der Waals surface area contributed by atoms with Crippen LogP contribution in [0.3, 0.4) is 0 Å². The maximum Gasteiger partial charge on any atom is 0.265 e. The number of amides is 1. The SMILES string of the molecule is Cl.Cn1cc(S(=O)(=O)NCC2CCNC2)cc1C(N)=O. The Balaban J connectivity index is 0.00000200. The molecule has 1 saturated heterocycles. The van der Waals surface area contributed by atoms with Crippen LogP contribution in [0.15, 0.2) is 17.2 Å². The lowest BCUT2D eigenvalue weighted by molar-refractivity contribution is 0.0992. The second-order valence-corrected chi connectivity index (χ2v) is 6.51. The molecule has 0 saturated carbocycles. The highest BCUT2D eigenvalue weighted by atomic mass is 35.5. The summed E-state index contributed by atoms with van der Waals surface area (Å²) in [6.45, 7) is 2.14. The molecule has 0 radical (unpaired) electrons. The number of nitrogens with one attached hydrogen (secondary N) is 2. The van der Waals surface area contributed by atoms with Crippen molar-refractivity contribution < 1.29 is 13.2 Å². The van der Waals surface area contributed by atoms with Crippen LogP contribution >= 0.6 is 12.4 Å². The number of carbonyl (C=O) groups excluding carboxylic acids is 1. The minimum absolute atomic E-state index is 0. The lowest BCUT2D eigenvalue weighted by Gasteiger charge is -2.09.